The summed E-state index contributed by atoms with van der Waals surface area (Å²) in [6.45, 7) is 5.16. The first-order valence-electron chi connectivity index (χ1n) is 11.7. The van der Waals surface area contributed by atoms with Gasteiger partial charge < -0.3 is 16.0 Å². The summed E-state index contributed by atoms with van der Waals surface area (Å²) < 4.78 is 0. The number of carbonyl (C=O) groups is 3. The first kappa shape index (κ1) is 22.3. The van der Waals surface area contributed by atoms with Gasteiger partial charge >= 0.3 is 0 Å². The van der Waals surface area contributed by atoms with E-state index in [1.807, 2.05) is 6.92 Å². The average molecular weight is 447 g/mol. The smallest absolute Gasteiger partial charge is 0.251 e. The van der Waals surface area contributed by atoms with Crippen LogP contribution in [-0.4, -0.2) is 59.7 Å². The molecule has 3 aliphatic rings. The molecule has 1 atom stereocenters. The summed E-state index contributed by atoms with van der Waals surface area (Å²) in [5.74, 6) is -0.195. The zero-order valence-electron chi connectivity index (χ0n) is 18.5. The summed E-state index contributed by atoms with van der Waals surface area (Å²) in [5, 5.41) is 3.57. The largest absolute Gasteiger partial charge is 0.365 e. The molecular formula is C23H34N4O3S. The standard InChI is InChI=1S/C23H34N4O3S/c1-15(21(29)25-22-19(20(24)28)17-7-6-8-18(17)31-22)26-13-9-16(10-14-26)23(30)27-11-4-2-3-5-12-27/h15-16H,2-14H2,1H3,(H2,24,28)(H,25,29). The van der Waals surface area contributed by atoms with Crippen LogP contribution >= 0.6 is 11.3 Å². The van der Waals surface area contributed by atoms with Gasteiger partial charge in [-0.15, -0.1) is 11.3 Å². The Labute approximate surface area is 188 Å². The Morgan fingerprint density at radius 2 is 1.68 bits per heavy atom. The molecule has 1 aromatic rings. The van der Waals surface area contributed by atoms with Crippen molar-refractivity contribution in [1.82, 2.24) is 9.80 Å². The topological polar surface area (TPSA) is 95.7 Å². The van der Waals surface area contributed by atoms with Gasteiger partial charge in [-0.1, -0.05) is 12.8 Å². The number of amides is 3. The van der Waals surface area contributed by atoms with E-state index in [4.69, 9.17) is 5.73 Å². The zero-order valence-corrected chi connectivity index (χ0v) is 19.3. The molecular weight excluding hydrogens is 412 g/mol. The molecule has 3 N–H and O–H groups in total. The van der Waals surface area contributed by atoms with Gasteiger partial charge in [-0.2, -0.15) is 0 Å². The number of rotatable bonds is 5. The van der Waals surface area contributed by atoms with Crippen molar-refractivity contribution in [3.05, 3.63) is 16.0 Å². The number of carbonyl (C=O) groups excluding carboxylic acids is 3. The lowest BCUT2D eigenvalue weighted by molar-refractivity contribution is -0.137. The van der Waals surface area contributed by atoms with Crippen molar-refractivity contribution < 1.29 is 14.4 Å². The van der Waals surface area contributed by atoms with E-state index in [1.165, 1.54) is 29.1 Å². The Bertz CT molecular complexity index is 836. The molecule has 1 aliphatic carbocycles. The Morgan fingerprint density at radius 1 is 1.00 bits per heavy atom. The quantitative estimate of drug-likeness (QED) is 0.727. The van der Waals surface area contributed by atoms with E-state index < -0.39 is 5.91 Å². The molecule has 3 amide bonds. The number of piperidine rings is 1. The molecule has 170 valence electrons. The highest BCUT2D eigenvalue weighted by molar-refractivity contribution is 7.17. The van der Waals surface area contributed by atoms with Crippen LogP contribution in [0.2, 0.25) is 0 Å². The molecule has 0 spiro atoms. The fourth-order valence-corrected chi connectivity index (χ4v) is 6.52. The molecule has 1 aromatic heterocycles. The zero-order chi connectivity index (χ0) is 22.0. The molecule has 4 rings (SSSR count). The summed E-state index contributed by atoms with van der Waals surface area (Å²) in [6, 6.07) is -0.313. The summed E-state index contributed by atoms with van der Waals surface area (Å²) in [6.07, 6.45) is 9.11. The molecule has 0 radical (unpaired) electrons. The normalized spacial score (nSPS) is 21.4. The van der Waals surface area contributed by atoms with Gasteiger partial charge in [-0.25, -0.2) is 0 Å². The van der Waals surface area contributed by atoms with Crippen molar-refractivity contribution in [1.29, 1.82) is 0 Å². The minimum atomic E-state index is -0.463. The van der Waals surface area contributed by atoms with Gasteiger partial charge in [0.2, 0.25) is 11.8 Å². The van der Waals surface area contributed by atoms with Gasteiger partial charge in [-0.3, -0.25) is 19.3 Å². The van der Waals surface area contributed by atoms with Crippen molar-refractivity contribution in [2.24, 2.45) is 11.7 Å². The van der Waals surface area contributed by atoms with Gasteiger partial charge in [-0.05, 0) is 70.5 Å². The molecule has 0 aromatic carbocycles. The monoisotopic (exact) mass is 446 g/mol. The highest BCUT2D eigenvalue weighted by Gasteiger charge is 2.33. The number of nitrogens with one attached hydrogen (secondary N) is 1. The molecule has 0 saturated carbocycles. The fourth-order valence-electron chi connectivity index (χ4n) is 5.22. The molecule has 8 heteroatoms. The molecule has 7 nitrogen and oxygen atoms in total. The van der Waals surface area contributed by atoms with E-state index in [-0.39, 0.29) is 17.9 Å². The number of nitrogens with zero attached hydrogens (tertiary/aromatic N) is 2. The van der Waals surface area contributed by atoms with Crippen molar-refractivity contribution in [3.63, 3.8) is 0 Å². The lowest BCUT2D eigenvalue weighted by atomic mass is 9.94. The van der Waals surface area contributed by atoms with Crippen LogP contribution in [0.15, 0.2) is 0 Å². The van der Waals surface area contributed by atoms with Crippen molar-refractivity contribution in [2.45, 2.75) is 70.8 Å². The Kier molecular flexibility index (Phi) is 6.96. The van der Waals surface area contributed by atoms with Crippen LogP contribution < -0.4 is 11.1 Å². The summed E-state index contributed by atoms with van der Waals surface area (Å²) in [5.41, 5.74) is 7.13. The van der Waals surface area contributed by atoms with Gasteiger partial charge in [0, 0.05) is 23.9 Å². The highest BCUT2D eigenvalue weighted by atomic mass is 32.1. The lowest BCUT2D eigenvalue weighted by Crippen LogP contribution is -2.48. The molecule has 3 heterocycles. The number of nitrogens with two attached hydrogens (primary N) is 1. The number of likely N-dealkylation sites (tertiary alicyclic amines) is 2. The number of fused-ring (bicyclic) bond motifs is 1. The maximum atomic E-state index is 12.9. The second-order valence-electron chi connectivity index (χ2n) is 9.14. The van der Waals surface area contributed by atoms with E-state index in [0.717, 1.165) is 76.7 Å². The van der Waals surface area contributed by atoms with Crippen LogP contribution in [0.3, 0.4) is 0 Å². The van der Waals surface area contributed by atoms with Crippen LogP contribution in [0.1, 0.15) is 72.7 Å². The number of primary amides is 1. The van der Waals surface area contributed by atoms with Gasteiger partial charge in [0.1, 0.15) is 5.00 Å². The number of thiophene rings is 1. The van der Waals surface area contributed by atoms with Crippen LogP contribution in [0.25, 0.3) is 0 Å². The Hall–Kier alpha value is -1.93. The first-order valence-corrected chi connectivity index (χ1v) is 12.6. The van der Waals surface area contributed by atoms with E-state index in [2.05, 4.69) is 15.1 Å². The van der Waals surface area contributed by atoms with Gasteiger partial charge in [0.25, 0.3) is 5.91 Å². The summed E-state index contributed by atoms with van der Waals surface area (Å²) in [7, 11) is 0. The predicted octanol–water partition coefficient (Wildman–Crippen LogP) is 2.78. The van der Waals surface area contributed by atoms with Gasteiger partial charge in [0.15, 0.2) is 0 Å². The van der Waals surface area contributed by atoms with Crippen molar-refractivity contribution in [2.75, 3.05) is 31.5 Å². The Balaban J connectivity index is 1.33. The predicted molar refractivity (Wildman–Crippen MR) is 122 cm³/mol. The maximum Gasteiger partial charge on any atom is 0.251 e. The van der Waals surface area contributed by atoms with E-state index in [1.54, 1.807) is 0 Å². The third-order valence-corrected chi connectivity index (χ3v) is 8.34. The highest BCUT2D eigenvalue weighted by Crippen LogP contribution is 2.39. The third kappa shape index (κ3) is 4.80. The molecule has 0 bridgehead atoms. The molecule has 2 saturated heterocycles. The van der Waals surface area contributed by atoms with Crippen LogP contribution in [0.4, 0.5) is 5.00 Å². The number of hydrogen-bond acceptors (Lipinski definition) is 5. The van der Waals surface area contributed by atoms with E-state index >= 15 is 0 Å². The molecule has 1 unspecified atom stereocenters. The molecule has 2 aliphatic heterocycles. The summed E-state index contributed by atoms with van der Waals surface area (Å²) in [4.78, 5) is 43.2. The third-order valence-electron chi connectivity index (χ3n) is 7.13. The van der Waals surface area contributed by atoms with E-state index in [9.17, 15) is 14.4 Å². The summed E-state index contributed by atoms with van der Waals surface area (Å²) >= 11 is 1.49. The van der Waals surface area contributed by atoms with Crippen LogP contribution in [-0.2, 0) is 22.4 Å². The number of anilines is 1. The maximum absolute atomic E-state index is 12.9. The number of hydrogen-bond donors (Lipinski definition) is 2. The van der Waals surface area contributed by atoms with Crippen molar-refractivity contribution >= 4 is 34.1 Å². The molecule has 2 fully saturated rings. The van der Waals surface area contributed by atoms with Crippen molar-refractivity contribution in [3.8, 4) is 0 Å². The fraction of sp³-hybridized carbons (Fsp3) is 0.696. The van der Waals surface area contributed by atoms with Gasteiger partial charge in [0.05, 0.1) is 11.6 Å². The second kappa shape index (κ2) is 9.69. The second-order valence-corrected chi connectivity index (χ2v) is 10.2. The molecule has 31 heavy (non-hydrogen) atoms. The van der Waals surface area contributed by atoms with Crippen LogP contribution in [0.5, 0.6) is 0 Å². The lowest BCUT2D eigenvalue weighted by Gasteiger charge is -2.36. The van der Waals surface area contributed by atoms with Crippen LogP contribution in [0, 0.1) is 5.92 Å². The SMILES string of the molecule is CC(C(=O)Nc1sc2c(c1C(N)=O)CCC2)N1CCC(C(=O)N2CCCCCC2)CC1. The number of aryl methyl sites for hydroxylation is 1. The first-order chi connectivity index (χ1) is 15.0. The minimum absolute atomic E-state index is 0.0753. The minimum Gasteiger partial charge on any atom is -0.365 e. The Morgan fingerprint density at radius 3 is 2.32 bits per heavy atom. The average Bonchev–Trinajstić information content (AvgIpc) is 3.22. The van der Waals surface area contributed by atoms with E-state index in [0.29, 0.717) is 16.5 Å².